The number of thiophene rings is 1. The number of ether oxygens (including phenoxy) is 1. The highest BCUT2D eigenvalue weighted by Crippen LogP contribution is 2.32. The van der Waals surface area contributed by atoms with Crippen molar-refractivity contribution in [1.29, 1.82) is 0 Å². The Balaban J connectivity index is 2.75. The first-order valence-electron chi connectivity index (χ1n) is 3.96. The van der Waals surface area contributed by atoms with Gasteiger partial charge in [0.25, 0.3) is 0 Å². The van der Waals surface area contributed by atoms with Crippen LogP contribution in [0.2, 0.25) is 0 Å². The van der Waals surface area contributed by atoms with Gasteiger partial charge in [-0.15, -0.1) is 11.3 Å². The molecule has 0 atom stereocenters. The van der Waals surface area contributed by atoms with Crippen molar-refractivity contribution < 1.29 is 9.53 Å². The maximum atomic E-state index is 10.7. The Kier molecular flexibility index (Phi) is 2.73. The monoisotopic (exact) mass is 318 g/mol. The Bertz CT molecular complexity index is 490. The second-order valence-corrected chi connectivity index (χ2v) is 4.87. The van der Waals surface area contributed by atoms with Crippen molar-refractivity contribution in [2.24, 2.45) is 0 Å². The molecule has 0 amide bonds. The third-order valence-electron chi connectivity index (χ3n) is 2.00. The van der Waals surface area contributed by atoms with E-state index >= 15 is 0 Å². The molecule has 1 heterocycles. The molecule has 0 N–H and O–H groups in total. The lowest BCUT2D eigenvalue weighted by Gasteiger charge is -2.02. The number of carbonyl (C=O) groups excluding carboxylic acids is 1. The van der Waals surface area contributed by atoms with E-state index in [1.807, 2.05) is 17.5 Å². The Labute approximate surface area is 99.0 Å². The molecule has 0 aliphatic rings. The summed E-state index contributed by atoms with van der Waals surface area (Å²) in [6.45, 7) is 0. The molecule has 1 aromatic carbocycles. The lowest BCUT2D eigenvalue weighted by Crippen LogP contribution is -1.86. The first-order chi connectivity index (χ1) is 6.76. The maximum Gasteiger partial charge on any atom is 0.151 e. The molecule has 1 aromatic heterocycles. The fourth-order valence-corrected chi connectivity index (χ4v) is 2.90. The molecule has 0 saturated carbocycles. The first-order valence-corrected chi connectivity index (χ1v) is 5.92. The number of rotatable bonds is 2. The lowest BCUT2D eigenvalue weighted by atomic mass is 10.2. The number of aldehydes is 1. The molecular formula is C10H7IO2S. The van der Waals surface area contributed by atoms with Crippen molar-refractivity contribution in [3.05, 3.63) is 26.6 Å². The molecule has 0 unspecified atom stereocenters. The summed E-state index contributed by atoms with van der Waals surface area (Å²) in [5.74, 6) is 0.859. The molecule has 72 valence electrons. The number of carbonyl (C=O) groups is 1. The van der Waals surface area contributed by atoms with E-state index < -0.39 is 0 Å². The van der Waals surface area contributed by atoms with Gasteiger partial charge >= 0.3 is 0 Å². The van der Waals surface area contributed by atoms with Crippen molar-refractivity contribution in [2.45, 2.75) is 0 Å². The van der Waals surface area contributed by atoms with E-state index in [4.69, 9.17) is 4.74 Å². The Morgan fingerprint density at radius 3 is 2.93 bits per heavy atom. The Hall–Kier alpha value is -0.620. The average Bonchev–Trinajstić information content (AvgIpc) is 2.58. The number of hydrogen-bond donors (Lipinski definition) is 0. The molecule has 4 heteroatoms. The average molecular weight is 318 g/mol. The van der Waals surface area contributed by atoms with Gasteiger partial charge in [-0.1, -0.05) is 0 Å². The van der Waals surface area contributed by atoms with Crippen molar-refractivity contribution in [2.75, 3.05) is 7.11 Å². The highest BCUT2D eigenvalue weighted by atomic mass is 127. The van der Waals surface area contributed by atoms with Crippen LogP contribution in [0.3, 0.4) is 0 Å². The molecule has 14 heavy (non-hydrogen) atoms. The molecular weight excluding hydrogens is 311 g/mol. The second-order valence-electron chi connectivity index (χ2n) is 2.79. The van der Waals surface area contributed by atoms with E-state index in [0.29, 0.717) is 0 Å². The summed E-state index contributed by atoms with van der Waals surface area (Å²) < 4.78 is 7.32. The molecule has 0 fully saturated rings. The number of fused-ring (bicyclic) bond motifs is 1. The van der Waals surface area contributed by atoms with Crippen LogP contribution in [0.4, 0.5) is 0 Å². The van der Waals surface area contributed by atoms with Crippen molar-refractivity contribution >= 4 is 50.3 Å². The van der Waals surface area contributed by atoms with Crippen molar-refractivity contribution in [3.63, 3.8) is 0 Å². The zero-order valence-electron chi connectivity index (χ0n) is 7.41. The fraction of sp³-hybridized carbons (Fsp3) is 0.100. The predicted molar refractivity (Wildman–Crippen MR) is 66.5 cm³/mol. The molecule has 0 aliphatic heterocycles. The number of benzene rings is 1. The van der Waals surface area contributed by atoms with E-state index in [9.17, 15) is 4.79 Å². The quantitative estimate of drug-likeness (QED) is 0.627. The molecule has 0 aliphatic carbocycles. The van der Waals surface area contributed by atoms with Gasteiger partial charge in [-0.25, -0.2) is 0 Å². The summed E-state index contributed by atoms with van der Waals surface area (Å²) in [5, 5.41) is 2.88. The lowest BCUT2D eigenvalue weighted by molar-refractivity contribution is 0.112. The van der Waals surface area contributed by atoms with Gasteiger partial charge in [-0.2, -0.15) is 0 Å². The molecule has 2 nitrogen and oxygen atoms in total. The summed E-state index contributed by atoms with van der Waals surface area (Å²) in [7, 11) is 1.65. The predicted octanol–water partition coefficient (Wildman–Crippen LogP) is 3.33. The Morgan fingerprint density at radius 1 is 1.50 bits per heavy atom. The van der Waals surface area contributed by atoms with Crippen molar-refractivity contribution in [1.82, 2.24) is 0 Å². The van der Waals surface area contributed by atoms with Gasteiger partial charge in [-0.05, 0) is 34.7 Å². The van der Waals surface area contributed by atoms with Gasteiger partial charge in [0.05, 0.1) is 10.7 Å². The standard InChI is InChI=1S/C10H7IO2S/c1-13-9-3-10-7(2-8(9)11)6(4-12)5-14-10/h2-5H,1H3. The van der Waals surface area contributed by atoms with Gasteiger partial charge in [-0.3, -0.25) is 4.79 Å². The van der Waals surface area contributed by atoms with Gasteiger partial charge in [0.1, 0.15) is 5.75 Å². The smallest absolute Gasteiger partial charge is 0.151 e. The van der Waals surface area contributed by atoms with E-state index in [2.05, 4.69) is 22.6 Å². The highest BCUT2D eigenvalue weighted by Gasteiger charge is 2.07. The molecule has 0 radical (unpaired) electrons. The Morgan fingerprint density at radius 2 is 2.29 bits per heavy atom. The van der Waals surface area contributed by atoms with Crippen molar-refractivity contribution in [3.8, 4) is 5.75 Å². The second kappa shape index (κ2) is 3.86. The van der Waals surface area contributed by atoms with Crippen LogP contribution in [-0.4, -0.2) is 13.4 Å². The zero-order valence-corrected chi connectivity index (χ0v) is 10.4. The largest absolute Gasteiger partial charge is 0.496 e. The van der Waals surface area contributed by atoms with E-state index in [1.54, 1.807) is 18.4 Å². The van der Waals surface area contributed by atoms with Crippen LogP contribution in [0.15, 0.2) is 17.5 Å². The fourth-order valence-electron chi connectivity index (χ4n) is 1.30. The summed E-state index contributed by atoms with van der Waals surface area (Å²) >= 11 is 3.76. The SMILES string of the molecule is COc1cc2scc(C=O)c2cc1I. The topological polar surface area (TPSA) is 26.3 Å². The van der Waals surface area contributed by atoms with Gasteiger partial charge in [0.15, 0.2) is 6.29 Å². The van der Waals surface area contributed by atoms with Crippen LogP contribution in [0.5, 0.6) is 5.75 Å². The highest BCUT2D eigenvalue weighted by molar-refractivity contribution is 14.1. The molecule has 0 spiro atoms. The molecule has 0 bridgehead atoms. The third kappa shape index (κ3) is 1.52. The van der Waals surface area contributed by atoms with Crippen LogP contribution in [0.25, 0.3) is 10.1 Å². The van der Waals surface area contributed by atoms with Crippen LogP contribution in [-0.2, 0) is 0 Å². The van der Waals surface area contributed by atoms with E-state index in [0.717, 1.165) is 31.3 Å². The third-order valence-corrected chi connectivity index (χ3v) is 3.81. The normalized spacial score (nSPS) is 10.4. The zero-order chi connectivity index (χ0) is 10.1. The van der Waals surface area contributed by atoms with Gasteiger partial charge < -0.3 is 4.74 Å². The minimum atomic E-state index is 0.755. The number of methoxy groups -OCH3 is 1. The van der Waals surface area contributed by atoms with E-state index in [-0.39, 0.29) is 0 Å². The van der Waals surface area contributed by atoms with E-state index in [1.165, 1.54) is 0 Å². The van der Waals surface area contributed by atoms with Gasteiger partial charge in [0, 0.05) is 21.0 Å². The summed E-state index contributed by atoms with van der Waals surface area (Å²) in [4.78, 5) is 10.7. The summed E-state index contributed by atoms with van der Waals surface area (Å²) in [5.41, 5.74) is 0.755. The van der Waals surface area contributed by atoms with Crippen LogP contribution in [0, 0.1) is 3.57 Å². The summed E-state index contributed by atoms with van der Waals surface area (Å²) in [6.07, 6.45) is 0.890. The van der Waals surface area contributed by atoms with Crippen LogP contribution in [0.1, 0.15) is 10.4 Å². The maximum absolute atomic E-state index is 10.7. The minimum Gasteiger partial charge on any atom is -0.496 e. The first kappa shape index (κ1) is 9.92. The number of halogens is 1. The molecule has 0 saturated heterocycles. The molecule has 2 aromatic rings. The minimum absolute atomic E-state index is 0.755. The molecule has 2 rings (SSSR count). The number of hydrogen-bond acceptors (Lipinski definition) is 3. The van der Waals surface area contributed by atoms with Crippen LogP contribution >= 0.6 is 33.9 Å². The van der Waals surface area contributed by atoms with Crippen LogP contribution < -0.4 is 4.74 Å². The summed E-state index contributed by atoms with van der Waals surface area (Å²) in [6, 6.07) is 3.95. The van der Waals surface area contributed by atoms with Gasteiger partial charge in [0.2, 0.25) is 0 Å².